The van der Waals surface area contributed by atoms with Crippen molar-refractivity contribution in [3.63, 3.8) is 0 Å². The van der Waals surface area contributed by atoms with Gasteiger partial charge in [-0.3, -0.25) is 14.5 Å². The van der Waals surface area contributed by atoms with Gasteiger partial charge in [0, 0.05) is 5.02 Å². The molecular formula is C23H16ClNO4S2. The number of rotatable bonds is 6. The van der Waals surface area contributed by atoms with Crippen molar-refractivity contribution in [2.24, 2.45) is 0 Å². The fourth-order valence-corrected chi connectivity index (χ4v) is 4.47. The second kappa shape index (κ2) is 9.09. The number of thiocarbonyl (C=S) groups is 1. The van der Waals surface area contributed by atoms with E-state index in [0.717, 1.165) is 44.3 Å². The number of carbonyl (C=O) groups is 2. The largest absolute Gasteiger partial charge is 0.489 e. The molecule has 0 bridgehead atoms. The molecule has 3 aromatic carbocycles. The van der Waals surface area contributed by atoms with Gasteiger partial charge in [0.15, 0.2) is 0 Å². The molecule has 1 fully saturated rings. The van der Waals surface area contributed by atoms with Crippen molar-refractivity contribution in [2.45, 2.75) is 6.61 Å². The summed E-state index contributed by atoms with van der Waals surface area (Å²) in [4.78, 5) is 24.9. The maximum atomic E-state index is 12.4. The monoisotopic (exact) mass is 469 g/mol. The van der Waals surface area contributed by atoms with Crippen LogP contribution in [0.3, 0.4) is 0 Å². The fourth-order valence-electron chi connectivity index (χ4n) is 3.09. The third-order valence-electron chi connectivity index (χ3n) is 4.62. The van der Waals surface area contributed by atoms with Gasteiger partial charge in [-0.25, -0.2) is 0 Å². The van der Waals surface area contributed by atoms with Crippen LogP contribution in [0, 0.1) is 0 Å². The van der Waals surface area contributed by atoms with E-state index in [-0.39, 0.29) is 10.2 Å². The van der Waals surface area contributed by atoms with Gasteiger partial charge in [0.1, 0.15) is 23.2 Å². The van der Waals surface area contributed by atoms with Gasteiger partial charge in [0.25, 0.3) is 5.91 Å². The van der Waals surface area contributed by atoms with Crippen LogP contribution in [0.25, 0.3) is 16.8 Å². The first-order valence-electron chi connectivity index (χ1n) is 9.27. The molecule has 0 radical (unpaired) electrons. The zero-order valence-corrected chi connectivity index (χ0v) is 18.5. The highest BCUT2D eigenvalue weighted by molar-refractivity contribution is 8.26. The molecule has 8 heteroatoms. The molecule has 1 saturated heterocycles. The molecule has 1 aliphatic heterocycles. The average molecular weight is 470 g/mol. The first-order chi connectivity index (χ1) is 14.9. The van der Waals surface area contributed by atoms with E-state index in [1.54, 1.807) is 6.08 Å². The number of halogens is 1. The molecule has 1 aliphatic rings. The van der Waals surface area contributed by atoms with E-state index >= 15 is 0 Å². The van der Waals surface area contributed by atoms with E-state index in [1.165, 1.54) is 0 Å². The van der Waals surface area contributed by atoms with E-state index in [2.05, 4.69) is 0 Å². The van der Waals surface area contributed by atoms with E-state index in [4.69, 9.17) is 33.7 Å². The van der Waals surface area contributed by atoms with E-state index in [1.807, 2.05) is 60.7 Å². The molecule has 1 amide bonds. The summed E-state index contributed by atoms with van der Waals surface area (Å²) in [7, 11) is 0. The maximum Gasteiger partial charge on any atom is 0.323 e. The molecular weight excluding hydrogens is 454 g/mol. The Morgan fingerprint density at radius 3 is 2.55 bits per heavy atom. The molecule has 31 heavy (non-hydrogen) atoms. The smallest absolute Gasteiger partial charge is 0.323 e. The van der Waals surface area contributed by atoms with Crippen LogP contribution in [0.5, 0.6) is 5.75 Å². The number of hydrogen-bond donors (Lipinski definition) is 1. The lowest BCUT2D eigenvalue weighted by Gasteiger charge is -2.10. The number of thioether (sulfide) groups is 1. The van der Waals surface area contributed by atoms with Crippen molar-refractivity contribution in [2.75, 3.05) is 6.54 Å². The third-order valence-corrected chi connectivity index (χ3v) is 6.25. The maximum absolute atomic E-state index is 12.4. The minimum absolute atomic E-state index is 0.252. The molecule has 5 nitrogen and oxygen atoms in total. The summed E-state index contributed by atoms with van der Waals surface area (Å²) < 4.78 is 6.13. The van der Waals surface area contributed by atoms with Crippen LogP contribution in [0.1, 0.15) is 11.1 Å². The number of ether oxygens (including phenoxy) is 1. The van der Waals surface area contributed by atoms with E-state index in [0.29, 0.717) is 16.5 Å². The number of benzene rings is 3. The number of carbonyl (C=O) groups excluding carboxylic acids is 1. The van der Waals surface area contributed by atoms with Gasteiger partial charge >= 0.3 is 5.97 Å². The van der Waals surface area contributed by atoms with Gasteiger partial charge < -0.3 is 9.84 Å². The molecule has 0 aliphatic carbocycles. The zero-order chi connectivity index (χ0) is 22.0. The average Bonchev–Trinajstić information content (AvgIpc) is 3.00. The summed E-state index contributed by atoms with van der Waals surface area (Å²) in [5, 5.41) is 11.6. The minimum Gasteiger partial charge on any atom is -0.489 e. The lowest BCUT2D eigenvalue weighted by molar-refractivity contribution is -0.140. The first-order valence-corrected chi connectivity index (χ1v) is 10.9. The fraction of sp³-hybridized carbons (Fsp3) is 0.0870. The molecule has 3 aromatic rings. The topological polar surface area (TPSA) is 66.8 Å². The number of aliphatic carboxylic acids is 1. The van der Waals surface area contributed by atoms with E-state index in [9.17, 15) is 9.59 Å². The van der Waals surface area contributed by atoms with E-state index < -0.39 is 12.5 Å². The number of carboxylic acids is 1. The molecule has 4 rings (SSSR count). The molecule has 156 valence electrons. The van der Waals surface area contributed by atoms with Gasteiger partial charge in [0.05, 0.1) is 4.91 Å². The molecule has 1 N–H and O–H groups in total. The Morgan fingerprint density at radius 1 is 1.10 bits per heavy atom. The second-order valence-electron chi connectivity index (χ2n) is 6.85. The Hall–Kier alpha value is -2.87. The highest BCUT2D eigenvalue weighted by atomic mass is 35.5. The molecule has 0 aromatic heterocycles. The third kappa shape index (κ3) is 5.07. The van der Waals surface area contributed by atoms with Crippen molar-refractivity contribution < 1.29 is 19.4 Å². The van der Waals surface area contributed by atoms with Crippen molar-refractivity contribution in [3.8, 4) is 5.75 Å². The molecule has 1 heterocycles. The summed E-state index contributed by atoms with van der Waals surface area (Å²) in [6.07, 6.45) is 1.73. The molecule has 0 spiro atoms. The normalized spacial score (nSPS) is 15.1. The number of hydrogen-bond acceptors (Lipinski definition) is 5. The van der Waals surface area contributed by atoms with Gasteiger partial charge in [-0.1, -0.05) is 65.9 Å². The first kappa shape index (κ1) is 21.4. The summed E-state index contributed by atoms with van der Waals surface area (Å²) in [5.41, 5.74) is 1.86. The number of carboxylic acid groups (broad SMARTS) is 1. The number of amides is 1. The van der Waals surface area contributed by atoms with Gasteiger partial charge in [-0.2, -0.15) is 0 Å². The quantitative estimate of drug-likeness (QED) is 0.387. The Kier molecular flexibility index (Phi) is 6.27. The van der Waals surface area contributed by atoms with Crippen LogP contribution in [-0.2, 0) is 16.2 Å². The van der Waals surface area contributed by atoms with Crippen LogP contribution in [0.2, 0.25) is 5.02 Å². The number of nitrogens with zero attached hydrogens (tertiary/aromatic N) is 1. The summed E-state index contributed by atoms with van der Waals surface area (Å²) in [5.74, 6) is -0.731. The molecule has 0 atom stereocenters. The SMILES string of the molecule is O=C(O)CN1C(=O)/C(=C\c2ccc3cc(OCc4ccc(Cl)cc4)ccc3c2)SC1=S. The molecule has 0 unspecified atom stereocenters. The highest BCUT2D eigenvalue weighted by Crippen LogP contribution is 2.33. The summed E-state index contributed by atoms with van der Waals surface area (Å²) in [6, 6.07) is 19.1. The van der Waals surface area contributed by atoms with Crippen molar-refractivity contribution >= 4 is 68.6 Å². The van der Waals surface area contributed by atoms with Crippen molar-refractivity contribution in [3.05, 3.63) is 81.7 Å². The second-order valence-corrected chi connectivity index (χ2v) is 8.96. The zero-order valence-electron chi connectivity index (χ0n) is 16.1. The van der Waals surface area contributed by atoms with Crippen LogP contribution in [0.15, 0.2) is 65.6 Å². The van der Waals surface area contributed by atoms with Crippen LogP contribution >= 0.6 is 35.6 Å². The van der Waals surface area contributed by atoms with Crippen LogP contribution in [0.4, 0.5) is 0 Å². The standard InChI is InChI=1S/C23H16ClNO4S2/c24-18-6-2-14(3-7-18)13-29-19-8-5-16-9-15(1-4-17(16)11-19)10-20-22(28)25(12-21(26)27)23(30)31-20/h1-11H,12-13H2,(H,26,27)/b20-10+. The summed E-state index contributed by atoms with van der Waals surface area (Å²) in [6.45, 7) is 0.0114. The van der Waals surface area contributed by atoms with Gasteiger partial charge in [-0.15, -0.1) is 0 Å². The minimum atomic E-state index is -1.10. The highest BCUT2D eigenvalue weighted by Gasteiger charge is 2.33. The van der Waals surface area contributed by atoms with Crippen LogP contribution < -0.4 is 4.74 Å². The Labute approximate surface area is 193 Å². The lowest BCUT2D eigenvalue weighted by atomic mass is 10.1. The van der Waals surface area contributed by atoms with Gasteiger partial charge in [-0.05, 0) is 58.3 Å². The Balaban J connectivity index is 1.50. The summed E-state index contributed by atoms with van der Waals surface area (Å²) >= 11 is 12.1. The lowest BCUT2D eigenvalue weighted by Crippen LogP contribution is -2.33. The predicted octanol–water partition coefficient (Wildman–Crippen LogP) is 5.36. The van der Waals surface area contributed by atoms with Crippen LogP contribution in [-0.4, -0.2) is 32.7 Å². The number of fused-ring (bicyclic) bond motifs is 1. The Bertz CT molecular complexity index is 1220. The van der Waals surface area contributed by atoms with Gasteiger partial charge in [0.2, 0.25) is 0 Å². The molecule has 0 saturated carbocycles. The Morgan fingerprint density at radius 2 is 1.81 bits per heavy atom. The van der Waals surface area contributed by atoms with Crippen molar-refractivity contribution in [1.29, 1.82) is 0 Å². The predicted molar refractivity (Wildman–Crippen MR) is 127 cm³/mol. The van der Waals surface area contributed by atoms with Crippen molar-refractivity contribution in [1.82, 2.24) is 4.90 Å².